The number of unbranched alkanes of at least 4 members (excludes halogenated alkanes) is 1. The summed E-state index contributed by atoms with van der Waals surface area (Å²) in [5.41, 5.74) is 0. The van der Waals surface area contributed by atoms with Gasteiger partial charge in [-0.25, -0.2) is 0 Å². The minimum Gasteiger partial charge on any atom is -0.492 e. The number of nitrogens with one attached hydrogen (secondary N) is 1. The number of guanidine groups is 1. The van der Waals surface area contributed by atoms with Crippen molar-refractivity contribution in [3.63, 3.8) is 0 Å². The predicted molar refractivity (Wildman–Crippen MR) is 107 cm³/mol. The van der Waals surface area contributed by atoms with Gasteiger partial charge in [-0.15, -0.1) is 0 Å². The van der Waals surface area contributed by atoms with Crippen LogP contribution in [-0.4, -0.2) is 71.1 Å². The molecule has 7 heteroatoms. The third kappa shape index (κ3) is 10.5. The Labute approximate surface area is 162 Å². The first-order valence-electron chi connectivity index (χ1n) is 9.11. The van der Waals surface area contributed by atoms with Gasteiger partial charge in [0.2, 0.25) is 0 Å². The average molecular weight is 386 g/mol. The van der Waals surface area contributed by atoms with E-state index < -0.39 is 0 Å². The highest BCUT2D eigenvalue weighted by Gasteiger charge is 2.05. The van der Waals surface area contributed by atoms with Gasteiger partial charge in [-0.2, -0.15) is 0 Å². The van der Waals surface area contributed by atoms with Crippen LogP contribution in [0.5, 0.6) is 5.75 Å². The minimum atomic E-state index is 0.579. The Morgan fingerprint density at radius 2 is 1.88 bits per heavy atom. The van der Waals surface area contributed by atoms with E-state index in [1.54, 1.807) is 7.11 Å². The van der Waals surface area contributed by atoms with Crippen LogP contribution in [0.3, 0.4) is 0 Å². The van der Waals surface area contributed by atoms with Crippen molar-refractivity contribution >= 4 is 17.6 Å². The number of hydrogen-bond acceptors (Lipinski definition) is 4. The van der Waals surface area contributed by atoms with E-state index in [-0.39, 0.29) is 0 Å². The van der Waals surface area contributed by atoms with Crippen molar-refractivity contribution in [1.29, 1.82) is 0 Å². The number of hydrogen-bond donors (Lipinski definition) is 1. The smallest absolute Gasteiger partial charge is 0.193 e. The summed E-state index contributed by atoms with van der Waals surface area (Å²) in [6, 6.07) is 7.39. The lowest BCUT2D eigenvalue weighted by Crippen LogP contribution is -2.41. The predicted octanol–water partition coefficient (Wildman–Crippen LogP) is 3.06. The van der Waals surface area contributed by atoms with Crippen LogP contribution in [0.4, 0.5) is 0 Å². The number of aliphatic imine (C=N–C) groups is 1. The van der Waals surface area contributed by atoms with Crippen molar-refractivity contribution in [1.82, 2.24) is 10.2 Å². The fourth-order valence-corrected chi connectivity index (χ4v) is 2.28. The molecule has 1 N–H and O–H groups in total. The molecule has 0 radical (unpaired) electrons. The summed E-state index contributed by atoms with van der Waals surface area (Å²) in [5.74, 6) is 1.71. The van der Waals surface area contributed by atoms with Crippen molar-refractivity contribution in [2.45, 2.75) is 19.8 Å². The van der Waals surface area contributed by atoms with Gasteiger partial charge < -0.3 is 24.4 Å². The molecule has 0 bridgehead atoms. The van der Waals surface area contributed by atoms with Crippen LogP contribution in [0.2, 0.25) is 5.02 Å². The molecule has 0 fully saturated rings. The van der Waals surface area contributed by atoms with E-state index in [1.165, 1.54) is 0 Å². The Hall–Kier alpha value is -1.50. The quantitative estimate of drug-likeness (QED) is 0.321. The topological polar surface area (TPSA) is 55.3 Å². The van der Waals surface area contributed by atoms with Gasteiger partial charge in [-0.1, -0.05) is 11.6 Å². The summed E-state index contributed by atoms with van der Waals surface area (Å²) >= 11 is 5.87. The largest absolute Gasteiger partial charge is 0.492 e. The maximum Gasteiger partial charge on any atom is 0.193 e. The lowest BCUT2D eigenvalue weighted by atomic mass is 10.3. The van der Waals surface area contributed by atoms with Crippen LogP contribution in [0, 0.1) is 0 Å². The lowest BCUT2D eigenvalue weighted by Gasteiger charge is -2.22. The molecule has 0 atom stereocenters. The summed E-state index contributed by atoms with van der Waals surface area (Å²) in [5, 5.41) is 4.02. The maximum atomic E-state index is 5.87. The molecule has 0 aliphatic rings. The van der Waals surface area contributed by atoms with Gasteiger partial charge in [0.1, 0.15) is 12.4 Å². The molecule has 1 aromatic rings. The molecule has 26 heavy (non-hydrogen) atoms. The average Bonchev–Trinajstić information content (AvgIpc) is 2.64. The minimum absolute atomic E-state index is 0.579. The second-order valence-electron chi connectivity index (χ2n) is 5.77. The van der Waals surface area contributed by atoms with Gasteiger partial charge in [-0.3, -0.25) is 4.99 Å². The number of likely N-dealkylation sites (N-methyl/N-ethyl adjacent to an activating group) is 1. The van der Waals surface area contributed by atoms with Gasteiger partial charge in [0.05, 0.1) is 19.8 Å². The van der Waals surface area contributed by atoms with Crippen LogP contribution in [0.1, 0.15) is 19.8 Å². The molecule has 1 rings (SSSR count). The zero-order valence-corrected chi connectivity index (χ0v) is 16.9. The van der Waals surface area contributed by atoms with Crippen molar-refractivity contribution < 1.29 is 14.2 Å². The fourth-order valence-electron chi connectivity index (χ4n) is 2.15. The third-order valence-corrected chi connectivity index (χ3v) is 3.85. The van der Waals surface area contributed by atoms with E-state index in [9.17, 15) is 0 Å². The first-order valence-corrected chi connectivity index (χ1v) is 9.49. The van der Waals surface area contributed by atoms with Gasteiger partial charge >= 0.3 is 0 Å². The second kappa shape index (κ2) is 14.6. The van der Waals surface area contributed by atoms with Crippen molar-refractivity contribution in [2.24, 2.45) is 4.99 Å². The molecule has 1 aromatic carbocycles. The molecule has 0 saturated carbocycles. The normalized spacial score (nSPS) is 11.5. The molecule has 0 aliphatic carbocycles. The summed E-state index contributed by atoms with van der Waals surface area (Å²) in [7, 11) is 3.69. The van der Waals surface area contributed by atoms with Crippen molar-refractivity contribution in [2.75, 3.05) is 60.2 Å². The Kier molecular flexibility index (Phi) is 12.7. The van der Waals surface area contributed by atoms with E-state index >= 15 is 0 Å². The van der Waals surface area contributed by atoms with E-state index in [0.717, 1.165) is 50.8 Å². The number of rotatable bonds is 13. The molecule has 0 aromatic heterocycles. The first kappa shape index (κ1) is 22.5. The lowest BCUT2D eigenvalue weighted by molar-refractivity contribution is 0.0690. The molecule has 0 amide bonds. The maximum absolute atomic E-state index is 5.87. The summed E-state index contributed by atoms with van der Waals surface area (Å²) < 4.78 is 16.1. The zero-order valence-electron chi connectivity index (χ0n) is 16.2. The van der Waals surface area contributed by atoms with Gasteiger partial charge in [0.25, 0.3) is 0 Å². The molecule has 0 aliphatic heterocycles. The van der Waals surface area contributed by atoms with E-state index in [2.05, 4.69) is 22.1 Å². The highest BCUT2D eigenvalue weighted by Crippen LogP contribution is 2.15. The number of methoxy groups -OCH3 is 1. The van der Waals surface area contributed by atoms with Crippen LogP contribution in [0.25, 0.3) is 0 Å². The monoisotopic (exact) mass is 385 g/mol. The molecule has 0 saturated heterocycles. The summed E-state index contributed by atoms with van der Waals surface area (Å²) in [4.78, 5) is 6.74. The van der Waals surface area contributed by atoms with Crippen molar-refractivity contribution in [3.05, 3.63) is 29.3 Å². The van der Waals surface area contributed by atoms with Crippen molar-refractivity contribution in [3.8, 4) is 5.75 Å². The number of nitrogens with zero attached hydrogens (tertiary/aromatic N) is 2. The number of halogens is 1. The molecule has 0 spiro atoms. The summed E-state index contributed by atoms with van der Waals surface area (Å²) in [6.45, 7) is 7.05. The Morgan fingerprint density at radius 1 is 1.12 bits per heavy atom. The number of benzene rings is 1. The second-order valence-corrected chi connectivity index (χ2v) is 6.21. The number of ether oxygens (including phenoxy) is 3. The van der Waals surface area contributed by atoms with E-state index in [4.69, 9.17) is 25.8 Å². The SMILES string of the molecule is CCNC(=NCCCCOCCOC)N(C)CCOc1ccc(Cl)cc1. The van der Waals surface area contributed by atoms with Gasteiger partial charge in [-0.05, 0) is 44.0 Å². The molecular weight excluding hydrogens is 354 g/mol. The van der Waals surface area contributed by atoms with Crippen LogP contribution >= 0.6 is 11.6 Å². The highest BCUT2D eigenvalue weighted by atomic mass is 35.5. The zero-order chi connectivity index (χ0) is 19.0. The van der Waals surface area contributed by atoms with Gasteiger partial charge in [0, 0.05) is 38.9 Å². The Balaban J connectivity index is 2.26. The van der Waals surface area contributed by atoms with Crippen LogP contribution < -0.4 is 10.1 Å². The van der Waals surface area contributed by atoms with Crippen LogP contribution in [0.15, 0.2) is 29.3 Å². The van der Waals surface area contributed by atoms with Gasteiger partial charge in [0.15, 0.2) is 5.96 Å². The third-order valence-electron chi connectivity index (χ3n) is 3.60. The van der Waals surface area contributed by atoms with Crippen LogP contribution in [-0.2, 0) is 9.47 Å². The molecule has 6 nitrogen and oxygen atoms in total. The fraction of sp³-hybridized carbons (Fsp3) is 0.632. The molecular formula is C19H32ClN3O3. The Bertz CT molecular complexity index is 497. The van der Waals surface area contributed by atoms with E-state index in [0.29, 0.717) is 24.8 Å². The standard InChI is InChI=1S/C19H32ClN3O3/c1-4-21-19(22-11-5-6-13-25-16-15-24-3)23(2)12-14-26-18-9-7-17(20)8-10-18/h7-10H,4-6,11-16H2,1-3H3,(H,21,22). The van der Waals surface area contributed by atoms with E-state index in [1.807, 2.05) is 31.3 Å². The first-order chi connectivity index (χ1) is 12.7. The molecule has 0 unspecified atom stereocenters. The molecule has 148 valence electrons. The molecule has 0 heterocycles. The Morgan fingerprint density at radius 3 is 2.58 bits per heavy atom. The highest BCUT2D eigenvalue weighted by molar-refractivity contribution is 6.30. The summed E-state index contributed by atoms with van der Waals surface area (Å²) in [6.07, 6.45) is 1.99.